The first-order valence-electron chi connectivity index (χ1n) is 4.63. The normalized spacial score (nSPS) is 14.9. The zero-order valence-electron chi connectivity index (χ0n) is 9.32. The lowest BCUT2D eigenvalue weighted by Crippen LogP contribution is -2.37. The number of hydrogen-bond acceptors (Lipinski definition) is 2. The van der Waals surface area contributed by atoms with Gasteiger partial charge < -0.3 is 4.90 Å². The van der Waals surface area contributed by atoms with Crippen molar-refractivity contribution in [1.29, 1.82) is 0 Å². The largest absolute Gasteiger partial charge is 0.371 e. The molecule has 2 atom stereocenters. The minimum absolute atomic E-state index is 0.0718. The first-order chi connectivity index (χ1) is 6.41. The standard InChI is InChI=1S/C10H19NOS2/c1-6-7-9(10(13)11(4)5)14(12)8(2)3/h6,8-9H,1,7H2,2-5H3/t9-,14?/m0/s1. The number of thiocarbonyl (C=S) groups is 1. The summed E-state index contributed by atoms with van der Waals surface area (Å²) in [6, 6.07) is 0. The van der Waals surface area contributed by atoms with Gasteiger partial charge in [-0.15, -0.1) is 6.58 Å². The molecule has 0 saturated carbocycles. The Balaban J connectivity index is 4.67. The van der Waals surface area contributed by atoms with Crippen LogP contribution in [-0.2, 0) is 10.8 Å². The molecule has 0 rings (SSSR count). The predicted molar refractivity (Wildman–Crippen MR) is 68.2 cm³/mol. The highest BCUT2D eigenvalue weighted by Crippen LogP contribution is 2.12. The highest BCUT2D eigenvalue weighted by atomic mass is 32.2. The average Bonchev–Trinajstić information content (AvgIpc) is 2.11. The molecule has 1 unspecified atom stereocenters. The molecule has 4 heteroatoms. The monoisotopic (exact) mass is 233 g/mol. The van der Waals surface area contributed by atoms with Gasteiger partial charge in [-0.3, -0.25) is 4.21 Å². The van der Waals surface area contributed by atoms with Gasteiger partial charge in [-0.25, -0.2) is 0 Å². The zero-order valence-corrected chi connectivity index (χ0v) is 11.0. The fourth-order valence-electron chi connectivity index (χ4n) is 1.06. The number of rotatable bonds is 5. The van der Waals surface area contributed by atoms with Crippen LogP contribution in [0.5, 0.6) is 0 Å². The third-order valence-electron chi connectivity index (χ3n) is 1.84. The minimum Gasteiger partial charge on any atom is -0.371 e. The van der Waals surface area contributed by atoms with Crippen LogP contribution < -0.4 is 0 Å². The Morgan fingerprint density at radius 2 is 2.07 bits per heavy atom. The average molecular weight is 233 g/mol. The molecule has 0 saturated heterocycles. The van der Waals surface area contributed by atoms with Crippen molar-refractivity contribution in [2.45, 2.75) is 30.8 Å². The third-order valence-corrected chi connectivity index (χ3v) is 4.55. The van der Waals surface area contributed by atoms with Gasteiger partial charge in [-0.05, 0) is 6.42 Å². The second-order valence-corrected chi connectivity index (χ2v) is 6.21. The van der Waals surface area contributed by atoms with Crippen molar-refractivity contribution >= 4 is 28.0 Å². The van der Waals surface area contributed by atoms with Gasteiger partial charge in [0.15, 0.2) is 0 Å². The maximum Gasteiger partial charge on any atom is 0.0935 e. The van der Waals surface area contributed by atoms with E-state index in [4.69, 9.17) is 12.2 Å². The number of hydrogen-bond donors (Lipinski definition) is 0. The summed E-state index contributed by atoms with van der Waals surface area (Å²) in [5.74, 6) is 0. The van der Waals surface area contributed by atoms with Crippen LogP contribution in [0.15, 0.2) is 12.7 Å². The Morgan fingerprint density at radius 1 is 1.57 bits per heavy atom. The Kier molecular flexibility index (Phi) is 6.20. The lowest BCUT2D eigenvalue weighted by atomic mass is 10.3. The summed E-state index contributed by atoms with van der Waals surface area (Å²) in [6.07, 6.45) is 2.46. The van der Waals surface area contributed by atoms with Crippen LogP contribution in [0.3, 0.4) is 0 Å². The summed E-state index contributed by atoms with van der Waals surface area (Å²) >= 11 is 5.25. The molecule has 82 valence electrons. The van der Waals surface area contributed by atoms with E-state index in [-0.39, 0.29) is 10.5 Å². The lowest BCUT2D eigenvalue weighted by molar-refractivity contribution is 0.613. The molecular weight excluding hydrogens is 214 g/mol. The van der Waals surface area contributed by atoms with Gasteiger partial charge in [0, 0.05) is 30.1 Å². The Bertz CT molecular complexity index is 216. The predicted octanol–water partition coefficient (Wildman–Crippen LogP) is 1.98. The number of nitrogens with zero attached hydrogens (tertiary/aromatic N) is 1. The van der Waals surface area contributed by atoms with Crippen LogP contribution >= 0.6 is 12.2 Å². The maximum atomic E-state index is 11.9. The molecule has 0 aliphatic rings. The van der Waals surface area contributed by atoms with Gasteiger partial charge in [-0.1, -0.05) is 32.1 Å². The molecule has 0 fully saturated rings. The summed E-state index contributed by atoms with van der Waals surface area (Å²) in [6.45, 7) is 7.57. The topological polar surface area (TPSA) is 20.3 Å². The van der Waals surface area contributed by atoms with Crippen molar-refractivity contribution in [3.63, 3.8) is 0 Å². The fraction of sp³-hybridized carbons (Fsp3) is 0.700. The van der Waals surface area contributed by atoms with E-state index in [0.29, 0.717) is 6.42 Å². The second-order valence-electron chi connectivity index (χ2n) is 3.62. The second kappa shape index (κ2) is 6.30. The molecule has 0 aromatic heterocycles. The molecule has 0 aliphatic carbocycles. The molecular formula is C10H19NOS2. The Labute approximate surface area is 94.8 Å². The summed E-state index contributed by atoms with van der Waals surface area (Å²) < 4.78 is 11.9. The molecule has 0 aromatic rings. The highest BCUT2D eigenvalue weighted by Gasteiger charge is 2.23. The molecule has 0 radical (unpaired) electrons. The SMILES string of the molecule is C=CC[C@@H](C(=S)N(C)C)S(=O)C(C)C. The van der Waals surface area contributed by atoms with Crippen molar-refractivity contribution in [3.05, 3.63) is 12.7 Å². The van der Waals surface area contributed by atoms with Crippen molar-refractivity contribution in [2.24, 2.45) is 0 Å². The summed E-state index contributed by atoms with van der Waals surface area (Å²) in [7, 11) is 2.86. The molecule has 2 nitrogen and oxygen atoms in total. The summed E-state index contributed by atoms with van der Waals surface area (Å²) in [4.78, 5) is 2.60. The Hall–Kier alpha value is -0.220. The van der Waals surface area contributed by atoms with Gasteiger partial charge in [-0.2, -0.15) is 0 Å². The Morgan fingerprint density at radius 3 is 2.36 bits per heavy atom. The van der Waals surface area contributed by atoms with Gasteiger partial charge in [0.2, 0.25) is 0 Å². The molecule has 0 aromatic carbocycles. The van der Waals surface area contributed by atoms with Crippen LogP contribution in [0.2, 0.25) is 0 Å². The van der Waals surface area contributed by atoms with E-state index in [2.05, 4.69) is 6.58 Å². The first kappa shape index (κ1) is 13.8. The summed E-state index contributed by atoms with van der Waals surface area (Å²) in [5.41, 5.74) is 0. The molecule has 0 amide bonds. The quantitative estimate of drug-likeness (QED) is 0.535. The van der Waals surface area contributed by atoms with Gasteiger partial charge >= 0.3 is 0 Å². The minimum atomic E-state index is -0.914. The van der Waals surface area contributed by atoms with E-state index < -0.39 is 10.8 Å². The molecule has 0 N–H and O–H groups in total. The van der Waals surface area contributed by atoms with E-state index in [1.165, 1.54) is 0 Å². The van der Waals surface area contributed by atoms with Crippen molar-refractivity contribution in [1.82, 2.24) is 4.90 Å². The molecule has 0 bridgehead atoms. The van der Waals surface area contributed by atoms with E-state index in [1.54, 1.807) is 6.08 Å². The maximum absolute atomic E-state index is 11.9. The first-order valence-corrected chi connectivity index (χ1v) is 6.31. The van der Waals surface area contributed by atoms with Crippen LogP contribution in [-0.4, -0.2) is 38.7 Å². The van der Waals surface area contributed by atoms with Gasteiger partial charge in [0.25, 0.3) is 0 Å². The van der Waals surface area contributed by atoms with Crippen LogP contribution in [0.1, 0.15) is 20.3 Å². The molecule has 0 aliphatic heterocycles. The zero-order chi connectivity index (χ0) is 11.3. The van der Waals surface area contributed by atoms with Crippen molar-refractivity contribution in [2.75, 3.05) is 14.1 Å². The van der Waals surface area contributed by atoms with Crippen LogP contribution in [0, 0.1) is 0 Å². The fourth-order valence-corrected chi connectivity index (χ4v) is 2.84. The van der Waals surface area contributed by atoms with E-state index in [9.17, 15) is 4.21 Å². The van der Waals surface area contributed by atoms with E-state index in [0.717, 1.165) is 4.99 Å². The lowest BCUT2D eigenvalue weighted by Gasteiger charge is -2.23. The van der Waals surface area contributed by atoms with Gasteiger partial charge in [0.1, 0.15) is 0 Å². The molecule has 0 spiro atoms. The highest BCUT2D eigenvalue weighted by molar-refractivity contribution is 7.90. The van der Waals surface area contributed by atoms with Gasteiger partial charge in [0.05, 0.1) is 10.2 Å². The van der Waals surface area contributed by atoms with Crippen molar-refractivity contribution < 1.29 is 4.21 Å². The smallest absolute Gasteiger partial charge is 0.0935 e. The third kappa shape index (κ3) is 3.88. The van der Waals surface area contributed by atoms with E-state index >= 15 is 0 Å². The summed E-state index contributed by atoms with van der Waals surface area (Å²) in [5, 5.41) is 0.0651. The number of allylic oxidation sites excluding steroid dienone is 1. The van der Waals surface area contributed by atoms with Crippen LogP contribution in [0.4, 0.5) is 0 Å². The van der Waals surface area contributed by atoms with E-state index in [1.807, 2.05) is 32.8 Å². The molecule has 14 heavy (non-hydrogen) atoms. The van der Waals surface area contributed by atoms with Crippen LogP contribution in [0.25, 0.3) is 0 Å². The molecule has 0 heterocycles. The van der Waals surface area contributed by atoms with Crippen molar-refractivity contribution in [3.8, 4) is 0 Å².